The van der Waals surface area contributed by atoms with E-state index in [1.165, 1.54) is 19.3 Å². The molecule has 0 saturated carbocycles. The van der Waals surface area contributed by atoms with Crippen molar-refractivity contribution in [3.8, 4) is 0 Å². The van der Waals surface area contributed by atoms with Gasteiger partial charge in [0.2, 0.25) is 0 Å². The second-order valence-corrected chi connectivity index (χ2v) is 6.31. The van der Waals surface area contributed by atoms with Crippen LogP contribution in [0.5, 0.6) is 0 Å². The molecule has 0 rings (SSSR count). The van der Waals surface area contributed by atoms with Gasteiger partial charge in [-0.25, -0.2) is 0 Å². The summed E-state index contributed by atoms with van der Waals surface area (Å²) < 4.78 is 0. The third-order valence-corrected chi connectivity index (χ3v) is 3.86. The maximum Gasteiger partial charge on any atom is 0.303 e. The van der Waals surface area contributed by atoms with Crippen LogP contribution >= 0.6 is 0 Å². The summed E-state index contributed by atoms with van der Waals surface area (Å²) in [5.74, 6) is -0.704. The lowest BCUT2D eigenvalue weighted by Crippen LogP contribution is -2.00. The van der Waals surface area contributed by atoms with Crippen molar-refractivity contribution in [2.75, 3.05) is 0 Å². The Bertz CT molecular complexity index is 419. The van der Waals surface area contributed by atoms with Crippen LogP contribution in [0.4, 0.5) is 0 Å². The van der Waals surface area contributed by atoms with Crippen LogP contribution < -0.4 is 0 Å². The Morgan fingerprint density at radius 1 is 0.880 bits per heavy atom. The van der Waals surface area contributed by atoms with Crippen LogP contribution in [-0.4, -0.2) is 22.3 Å². The number of hydrogen-bond donors (Lipinski definition) is 2. The van der Waals surface area contributed by atoms with E-state index in [0.717, 1.165) is 44.9 Å². The fraction of sp³-hybridized carbons (Fsp3) is 0.591. The molecule has 0 radical (unpaired) electrons. The third-order valence-electron chi connectivity index (χ3n) is 3.86. The van der Waals surface area contributed by atoms with E-state index in [4.69, 9.17) is 5.11 Å². The highest BCUT2D eigenvalue weighted by Crippen LogP contribution is 2.06. The molecule has 0 saturated heterocycles. The Morgan fingerprint density at radius 3 is 2.40 bits per heavy atom. The Kier molecular flexibility index (Phi) is 17.5. The molecule has 0 spiro atoms. The van der Waals surface area contributed by atoms with Gasteiger partial charge in [0.15, 0.2) is 0 Å². The van der Waals surface area contributed by atoms with Crippen molar-refractivity contribution >= 4 is 5.97 Å². The van der Waals surface area contributed by atoms with Crippen LogP contribution in [0.2, 0.25) is 0 Å². The maximum absolute atomic E-state index is 10.4. The first kappa shape index (κ1) is 23.4. The standard InChI is InChI=1S/C22H36O3/c1-2-3-4-15-18-21(23)19-16-13-11-9-7-5-6-8-10-12-14-17-20-22(24)25/h6-9,11,13,16,19,21,23H,2-5,10,12,14-15,17-18,20H2,1H3,(H,24,25)/b8-6-,9-7-,13-11-,19-16+. The van der Waals surface area contributed by atoms with Crippen LogP contribution in [0, 0.1) is 0 Å². The Hall–Kier alpha value is -1.61. The summed E-state index contributed by atoms with van der Waals surface area (Å²) in [5, 5.41) is 18.3. The molecule has 142 valence electrons. The highest BCUT2D eigenvalue weighted by atomic mass is 16.4. The number of unbranched alkanes of at least 4 members (excludes halogenated alkanes) is 6. The molecule has 0 aliphatic rings. The monoisotopic (exact) mass is 348 g/mol. The Morgan fingerprint density at radius 2 is 1.64 bits per heavy atom. The molecule has 0 aliphatic carbocycles. The third kappa shape index (κ3) is 20.3. The van der Waals surface area contributed by atoms with Crippen LogP contribution in [0.15, 0.2) is 48.6 Å². The first-order valence-corrected chi connectivity index (χ1v) is 9.71. The van der Waals surface area contributed by atoms with E-state index in [1.807, 2.05) is 30.4 Å². The topological polar surface area (TPSA) is 57.5 Å². The van der Waals surface area contributed by atoms with E-state index >= 15 is 0 Å². The second kappa shape index (κ2) is 18.7. The SMILES string of the molecule is CCCCCCC(O)/C=C/C=C\C=C/C/C=C\CCCCCC(=O)O. The molecule has 25 heavy (non-hydrogen) atoms. The number of aliphatic carboxylic acids is 1. The largest absolute Gasteiger partial charge is 0.481 e. The normalized spacial score (nSPS) is 13.7. The van der Waals surface area contributed by atoms with Gasteiger partial charge in [0.25, 0.3) is 0 Å². The van der Waals surface area contributed by atoms with Crippen LogP contribution in [0.25, 0.3) is 0 Å². The minimum atomic E-state index is -0.704. The van der Waals surface area contributed by atoms with Gasteiger partial charge in [-0.1, -0.05) is 87.6 Å². The average Bonchev–Trinajstić information content (AvgIpc) is 2.58. The molecule has 3 nitrogen and oxygen atoms in total. The summed E-state index contributed by atoms with van der Waals surface area (Å²) >= 11 is 0. The summed E-state index contributed by atoms with van der Waals surface area (Å²) in [6.45, 7) is 2.19. The van der Waals surface area contributed by atoms with Crippen molar-refractivity contribution < 1.29 is 15.0 Å². The van der Waals surface area contributed by atoms with Crippen molar-refractivity contribution in [2.24, 2.45) is 0 Å². The fourth-order valence-corrected chi connectivity index (χ4v) is 2.36. The number of rotatable bonds is 16. The van der Waals surface area contributed by atoms with Gasteiger partial charge in [0.05, 0.1) is 6.10 Å². The lowest BCUT2D eigenvalue weighted by atomic mass is 10.1. The molecule has 0 bridgehead atoms. The average molecular weight is 349 g/mol. The first-order chi connectivity index (χ1) is 12.2. The van der Waals surface area contributed by atoms with Crippen LogP contribution in [0.3, 0.4) is 0 Å². The lowest BCUT2D eigenvalue weighted by molar-refractivity contribution is -0.137. The summed E-state index contributed by atoms with van der Waals surface area (Å²) in [4.78, 5) is 10.4. The molecule has 0 amide bonds. The highest BCUT2D eigenvalue weighted by molar-refractivity contribution is 5.66. The summed E-state index contributed by atoms with van der Waals surface area (Å²) in [6, 6.07) is 0. The zero-order valence-electron chi connectivity index (χ0n) is 15.8. The number of aliphatic hydroxyl groups excluding tert-OH is 1. The number of hydrogen-bond acceptors (Lipinski definition) is 2. The number of carboxylic acids is 1. The molecule has 0 aromatic carbocycles. The van der Waals surface area contributed by atoms with Gasteiger partial charge in [-0.3, -0.25) is 4.79 Å². The molecule has 1 unspecified atom stereocenters. The van der Waals surface area contributed by atoms with Gasteiger partial charge >= 0.3 is 5.97 Å². The predicted octanol–water partition coefficient (Wildman–Crippen LogP) is 5.97. The summed E-state index contributed by atoms with van der Waals surface area (Å²) in [7, 11) is 0. The first-order valence-electron chi connectivity index (χ1n) is 9.71. The van der Waals surface area contributed by atoms with Crippen molar-refractivity contribution in [3.63, 3.8) is 0 Å². The quantitative estimate of drug-likeness (QED) is 0.205. The molecule has 0 aromatic rings. The van der Waals surface area contributed by atoms with E-state index in [-0.39, 0.29) is 12.5 Å². The van der Waals surface area contributed by atoms with Crippen molar-refractivity contribution in [1.82, 2.24) is 0 Å². The van der Waals surface area contributed by atoms with Gasteiger partial charge in [-0.15, -0.1) is 0 Å². The number of allylic oxidation sites excluding steroid dienone is 7. The van der Waals surface area contributed by atoms with Crippen molar-refractivity contribution in [2.45, 2.75) is 83.7 Å². The smallest absolute Gasteiger partial charge is 0.303 e. The summed E-state index contributed by atoms with van der Waals surface area (Å²) in [5.41, 5.74) is 0. The predicted molar refractivity (Wildman–Crippen MR) is 107 cm³/mol. The molecule has 0 heterocycles. The van der Waals surface area contributed by atoms with Crippen molar-refractivity contribution in [1.29, 1.82) is 0 Å². The summed E-state index contributed by atoms with van der Waals surface area (Å²) in [6.07, 6.45) is 26.4. The molecular weight excluding hydrogens is 312 g/mol. The van der Waals surface area contributed by atoms with E-state index in [0.29, 0.717) is 0 Å². The molecule has 0 aliphatic heterocycles. The van der Waals surface area contributed by atoms with Crippen LogP contribution in [0.1, 0.15) is 77.6 Å². The number of carboxylic acid groups (broad SMARTS) is 1. The molecular formula is C22H36O3. The van der Waals surface area contributed by atoms with Gasteiger partial charge in [-0.05, 0) is 32.1 Å². The lowest BCUT2D eigenvalue weighted by Gasteiger charge is -2.03. The molecule has 3 heteroatoms. The molecule has 1 atom stereocenters. The Labute approximate surface area is 153 Å². The highest BCUT2D eigenvalue weighted by Gasteiger charge is 1.97. The fourth-order valence-electron chi connectivity index (χ4n) is 2.36. The van der Waals surface area contributed by atoms with Crippen LogP contribution in [-0.2, 0) is 4.79 Å². The maximum atomic E-state index is 10.4. The Balaban J connectivity index is 3.56. The molecule has 0 fully saturated rings. The zero-order chi connectivity index (χ0) is 18.6. The van der Waals surface area contributed by atoms with E-state index in [1.54, 1.807) is 0 Å². The minimum absolute atomic E-state index is 0.281. The second-order valence-electron chi connectivity index (χ2n) is 6.31. The van der Waals surface area contributed by atoms with Crippen molar-refractivity contribution in [3.05, 3.63) is 48.6 Å². The van der Waals surface area contributed by atoms with Gasteiger partial charge in [0, 0.05) is 6.42 Å². The van der Waals surface area contributed by atoms with Gasteiger partial charge in [0.1, 0.15) is 0 Å². The zero-order valence-corrected chi connectivity index (χ0v) is 15.8. The number of carbonyl (C=O) groups is 1. The molecule has 2 N–H and O–H groups in total. The molecule has 0 aromatic heterocycles. The minimum Gasteiger partial charge on any atom is -0.481 e. The number of aliphatic hydroxyl groups is 1. The van der Waals surface area contributed by atoms with E-state index < -0.39 is 5.97 Å². The van der Waals surface area contributed by atoms with Gasteiger partial charge in [-0.2, -0.15) is 0 Å². The van der Waals surface area contributed by atoms with E-state index in [9.17, 15) is 9.90 Å². The van der Waals surface area contributed by atoms with Gasteiger partial charge < -0.3 is 10.2 Å². The van der Waals surface area contributed by atoms with E-state index in [2.05, 4.69) is 25.2 Å².